The molecular weight excluding hydrogens is 344 g/mol. The first-order chi connectivity index (χ1) is 11.9. The Kier molecular flexibility index (Phi) is 5.65. The van der Waals surface area contributed by atoms with Gasteiger partial charge >= 0.3 is 0 Å². The van der Waals surface area contributed by atoms with E-state index in [1.807, 2.05) is 24.3 Å². The number of ether oxygens (including phenoxy) is 3. The first-order valence-electron chi connectivity index (χ1n) is 8.42. The van der Waals surface area contributed by atoms with Gasteiger partial charge in [0.2, 0.25) is 10.0 Å². The average molecular weight is 370 g/mol. The van der Waals surface area contributed by atoms with Gasteiger partial charge in [-0.15, -0.1) is 0 Å². The second-order valence-electron chi connectivity index (χ2n) is 6.74. The molecule has 2 saturated heterocycles. The van der Waals surface area contributed by atoms with Crippen LogP contribution >= 0.6 is 0 Å². The molecule has 2 aliphatic rings. The summed E-state index contributed by atoms with van der Waals surface area (Å²) in [7, 11) is -1.61. The summed E-state index contributed by atoms with van der Waals surface area (Å²) in [6, 6.07) is 8.00. The van der Waals surface area contributed by atoms with Crippen molar-refractivity contribution < 1.29 is 22.6 Å². The summed E-state index contributed by atoms with van der Waals surface area (Å²) < 4.78 is 42.3. The molecule has 2 fully saturated rings. The average Bonchev–Trinajstić information content (AvgIpc) is 2.78. The van der Waals surface area contributed by atoms with Crippen molar-refractivity contribution in [1.82, 2.24) is 9.21 Å². The van der Waals surface area contributed by atoms with Crippen molar-refractivity contribution in [2.45, 2.75) is 12.1 Å². The van der Waals surface area contributed by atoms with Crippen LogP contribution in [0.15, 0.2) is 24.3 Å². The van der Waals surface area contributed by atoms with E-state index < -0.39 is 15.6 Å². The van der Waals surface area contributed by atoms with Gasteiger partial charge in [-0.05, 0) is 17.7 Å². The predicted octanol–water partition coefficient (Wildman–Crippen LogP) is 0.558. The van der Waals surface area contributed by atoms with E-state index in [1.54, 1.807) is 7.11 Å². The normalized spacial score (nSPS) is 26.5. The molecular formula is C17H26N2O5S. The lowest BCUT2D eigenvalue weighted by molar-refractivity contribution is -0.139. The van der Waals surface area contributed by atoms with Crippen molar-refractivity contribution >= 4 is 10.0 Å². The third-order valence-electron chi connectivity index (χ3n) is 4.68. The molecule has 2 heterocycles. The van der Waals surface area contributed by atoms with Gasteiger partial charge in [-0.2, -0.15) is 4.31 Å². The molecule has 1 spiro atoms. The van der Waals surface area contributed by atoms with Gasteiger partial charge < -0.3 is 14.2 Å². The largest absolute Gasteiger partial charge is 0.497 e. The molecule has 1 atom stereocenters. The topological polar surface area (TPSA) is 68.3 Å². The van der Waals surface area contributed by atoms with Crippen LogP contribution in [0.3, 0.4) is 0 Å². The minimum Gasteiger partial charge on any atom is -0.497 e. The molecule has 0 amide bonds. The fraction of sp³-hybridized carbons (Fsp3) is 0.647. The molecule has 7 nitrogen and oxygen atoms in total. The van der Waals surface area contributed by atoms with Crippen molar-refractivity contribution in [3.8, 4) is 5.75 Å². The lowest BCUT2D eigenvalue weighted by Crippen LogP contribution is -2.58. The molecule has 3 rings (SSSR count). The van der Waals surface area contributed by atoms with Crippen LogP contribution in [0.25, 0.3) is 0 Å². The smallest absolute Gasteiger partial charge is 0.211 e. The van der Waals surface area contributed by atoms with Gasteiger partial charge in [-0.25, -0.2) is 8.42 Å². The Morgan fingerprint density at radius 3 is 2.60 bits per heavy atom. The van der Waals surface area contributed by atoms with Crippen LogP contribution in [0.2, 0.25) is 0 Å². The Balaban J connectivity index is 1.70. The predicted molar refractivity (Wildman–Crippen MR) is 94.2 cm³/mol. The Labute approximate surface area is 149 Å². The van der Waals surface area contributed by atoms with E-state index in [4.69, 9.17) is 14.2 Å². The molecule has 2 aliphatic heterocycles. The number of methoxy groups -OCH3 is 1. The van der Waals surface area contributed by atoms with Crippen LogP contribution in [-0.2, 0) is 26.0 Å². The van der Waals surface area contributed by atoms with E-state index in [0.29, 0.717) is 39.5 Å². The fourth-order valence-electron chi connectivity index (χ4n) is 3.38. The summed E-state index contributed by atoms with van der Waals surface area (Å²) in [5.41, 5.74) is 0.581. The van der Waals surface area contributed by atoms with Crippen LogP contribution in [-0.4, -0.2) is 82.6 Å². The molecule has 0 aromatic heterocycles. The van der Waals surface area contributed by atoms with Crippen molar-refractivity contribution in [2.24, 2.45) is 0 Å². The Morgan fingerprint density at radius 2 is 1.92 bits per heavy atom. The molecule has 25 heavy (non-hydrogen) atoms. The van der Waals surface area contributed by atoms with Gasteiger partial charge in [-0.1, -0.05) is 12.1 Å². The first kappa shape index (κ1) is 18.6. The summed E-state index contributed by atoms with van der Waals surface area (Å²) >= 11 is 0. The van der Waals surface area contributed by atoms with Gasteiger partial charge in [0.1, 0.15) is 11.4 Å². The number of hydrogen-bond donors (Lipinski definition) is 0. The molecule has 0 unspecified atom stereocenters. The van der Waals surface area contributed by atoms with Crippen LogP contribution in [0, 0.1) is 0 Å². The van der Waals surface area contributed by atoms with E-state index in [0.717, 1.165) is 18.8 Å². The first-order valence-corrected chi connectivity index (χ1v) is 10.3. The van der Waals surface area contributed by atoms with Gasteiger partial charge in [0.25, 0.3) is 0 Å². The number of morpholine rings is 1. The number of sulfonamides is 1. The number of benzene rings is 1. The summed E-state index contributed by atoms with van der Waals surface area (Å²) in [5.74, 6) is 0.836. The van der Waals surface area contributed by atoms with Crippen molar-refractivity contribution in [3.05, 3.63) is 29.8 Å². The molecule has 0 aliphatic carbocycles. The molecule has 0 bridgehead atoms. The van der Waals surface area contributed by atoms with Gasteiger partial charge in [-0.3, -0.25) is 4.90 Å². The van der Waals surface area contributed by atoms with Gasteiger partial charge in [0.05, 0.1) is 33.2 Å². The van der Waals surface area contributed by atoms with Crippen molar-refractivity contribution in [3.63, 3.8) is 0 Å². The zero-order valence-corrected chi connectivity index (χ0v) is 15.6. The summed E-state index contributed by atoms with van der Waals surface area (Å²) in [6.07, 6.45) is 1.24. The quantitative estimate of drug-likeness (QED) is 0.771. The molecule has 1 aromatic rings. The Hall–Kier alpha value is -1.19. The summed E-state index contributed by atoms with van der Waals surface area (Å²) in [4.78, 5) is 2.29. The molecule has 0 radical (unpaired) electrons. The van der Waals surface area contributed by atoms with Crippen LogP contribution < -0.4 is 4.74 Å². The maximum atomic E-state index is 12.0. The highest BCUT2D eigenvalue weighted by Gasteiger charge is 2.42. The summed E-state index contributed by atoms with van der Waals surface area (Å²) in [5, 5.41) is 0. The zero-order valence-electron chi connectivity index (χ0n) is 14.8. The Bertz CT molecular complexity index is 679. The molecule has 1 aromatic carbocycles. The Morgan fingerprint density at radius 1 is 1.16 bits per heavy atom. The maximum Gasteiger partial charge on any atom is 0.211 e. The van der Waals surface area contributed by atoms with Crippen LogP contribution in [0.4, 0.5) is 0 Å². The highest BCUT2D eigenvalue weighted by molar-refractivity contribution is 7.88. The lowest BCUT2D eigenvalue weighted by atomic mass is 10.0. The number of rotatable bonds is 4. The highest BCUT2D eigenvalue weighted by atomic mass is 32.2. The van der Waals surface area contributed by atoms with E-state index in [2.05, 4.69) is 4.90 Å². The van der Waals surface area contributed by atoms with E-state index in [-0.39, 0.29) is 0 Å². The molecule has 8 heteroatoms. The monoisotopic (exact) mass is 370 g/mol. The van der Waals surface area contributed by atoms with E-state index >= 15 is 0 Å². The summed E-state index contributed by atoms with van der Waals surface area (Å²) in [6.45, 7) is 4.34. The third kappa shape index (κ3) is 4.71. The van der Waals surface area contributed by atoms with Crippen LogP contribution in [0.5, 0.6) is 5.75 Å². The zero-order chi connectivity index (χ0) is 17.9. The minimum absolute atomic E-state index is 0.338. The molecule has 140 valence electrons. The van der Waals surface area contributed by atoms with Crippen molar-refractivity contribution in [2.75, 3.05) is 59.4 Å². The SMILES string of the molecule is COc1ccc(CN2CCO[C@@]3(COCCN(S(C)(=O)=O)C3)C2)cc1. The third-order valence-corrected chi connectivity index (χ3v) is 5.93. The van der Waals surface area contributed by atoms with E-state index in [1.165, 1.54) is 16.1 Å². The number of nitrogens with zero attached hydrogens (tertiary/aromatic N) is 2. The van der Waals surface area contributed by atoms with Gasteiger partial charge in [0, 0.05) is 32.7 Å². The van der Waals surface area contributed by atoms with Crippen molar-refractivity contribution in [1.29, 1.82) is 0 Å². The molecule has 0 saturated carbocycles. The second-order valence-corrected chi connectivity index (χ2v) is 8.72. The maximum absolute atomic E-state index is 12.0. The standard InChI is InChI=1S/C17H26N2O5S/c1-22-16-5-3-15(4-6-16)11-18-7-10-24-17(12-18)13-19(25(2,20)21)8-9-23-14-17/h3-6H,7-14H2,1-2H3/t17-/m0/s1. The van der Waals surface area contributed by atoms with E-state index in [9.17, 15) is 8.42 Å². The second kappa shape index (κ2) is 7.59. The fourth-order valence-corrected chi connectivity index (χ4v) is 4.26. The highest BCUT2D eigenvalue weighted by Crippen LogP contribution is 2.25. The van der Waals surface area contributed by atoms with Gasteiger partial charge in [0.15, 0.2) is 0 Å². The lowest BCUT2D eigenvalue weighted by Gasteiger charge is -2.43. The van der Waals surface area contributed by atoms with Crippen LogP contribution in [0.1, 0.15) is 5.56 Å². The number of hydrogen-bond acceptors (Lipinski definition) is 6. The molecule has 0 N–H and O–H groups in total. The minimum atomic E-state index is -3.27.